The summed E-state index contributed by atoms with van der Waals surface area (Å²) in [4.78, 5) is 16.5. The fourth-order valence-corrected chi connectivity index (χ4v) is 3.17. The van der Waals surface area contributed by atoms with Gasteiger partial charge in [-0.05, 0) is 36.4 Å². The zero-order valence-electron chi connectivity index (χ0n) is 13.8. The summed E-state index contributed by atoms with van der Waals surface area (Å²) in [5.41, 5.74) is 1.59. The van der Waals surface area contributed by atoms with E-state index in [0.717, 1.165) is 30.3 Å². The number of fused-ring (bicyclic) bond motifs is 1. The van der Waals surface area contributed by atoms with E-state index in [1.54, 1.807) is 0 Å². The van der Waals surface area contributed by atoms with Crippen LogP contribution < -0.4 is 14.4 Å². The van der Waals surface area contributed by atoms with Crippen LogP contribution >= 0.6 is 0 Å². The summed E-state index contributed by atoms with van der Waals surface area (Å²) in [6.07, 6.45) is 0. The average molecular weight is 341 g/mol. The number of benzene rings is 2. The lowest BCUT2D eigenvalue weighted by Gasteiger charge is -2.36. The van der Waals surface area contributed by atoms with Gasteiger partial charge in [-0.15, -0.1) is 0 Å². The number of rotatable bonds is 2. The van der Waals surface area contributed by atoms with Crippen LogP contribution in [0.4, 0.5) is 10.1 Å². The topological polar surface area (TPSA) is 42.0 Å². The normalized spacial score (nSPS) is 16.7. The van der Waals surface area contributed by atoms with E-state index in [0.29, 0.717) is 31.9 Å². The highest BCUT2D eigenvalue weighted by atomic mass is 18.2. The van der Waals surface area contributed by atoms with E-state index in [2.05, 4.69) is 4.90 Å². The standard InChI is InChI=1S/C19H19FN2O3/c20-15-3-1-14(2-4-15)19(23)22-9-7-21(8-10-22)16-5-6-17-18(13-16)25-12-11-24-17/h1-6,13H,7-12H2/i20-1. The Morgan fingerprint density at radius 1 is 0.880 bits per heavy atom. The molecule has 2 aliphatic rings. The highest BCUT2D eigenvalue weighted by Crippen LogP contribution is 2.34. The number of amides is 1. The molecule has 0 radical (unpaired) electrons. The molecule has 0 N–H and O–H groups in total. The van der Waals surface area contributed by atoms with Gasteiger partial charge in [-0.3, -0.25) is 4.79 Å². The van der Waals surface area contributed by atoms with E-state index in [4.69, 9.17) is 9.47 Å². The summed E-state index contributed by atoms with van der Waals surface area (Å²) in [6, 6.07) is 11.6. The average Bonchev–Trinajstić information content (AvgIpc) is 2.68. The van der Waals surface area contributed by atoms with E-state index < -0.39 is 0 Å². The number of ether oxygens (including phenoxy) is 2. The van der Waals surface area contributed by atoms with Gasteiger partial charge in [0, 0.05) is 43.5 Å². The molecule has 130 valence electrons. The molecule has 1 amide bonds. The molecule has 0 unspecified atom stereocenters. The van der Waals surface area contributed by atoms with E-state index in [1.165, 1.54) is 24.3 Å². The van der Waals surface area contributed by atoms with Crippen molar-refractivity contribution in [2.45, 2.75) is 0 Å². The molecule has 2 aliphatic heterocycles. The van der Waals surface area contributed by atoms with Crippen molar-refractivity contribution in [3.05, 3.63) is 53.8 Å². The zero-order chi connectivity index (χ0) is 17.2. The van der Waals surface area contributed by atoms with Crippen molar-refractivity contribution in [3.8, 4) is 11.5 Å². The second-order valence-corrected chi connectivity index (χ2v) is 6.11. The first-order valence-electron chi connectivity index (χ1n) is 8.40. The van der Waals surface area contributed by atoms with Gasteiger partial charge in [0.15, 0.2) is 11.5 Å². The van der Waals surface area contributed by atoms with Gasteiger partial charge in [-0.1, -0.05) is 0 Å². The van der Waals surface area contributed by atoms with E-state index in [1.807, 2.05) is 23.1 Å². The minimum absolute atomic E-state index is 0.0539. The second kappa shape index (κ2) is 6.63. The first kappa shape index (κ1) is 15.7. The summed E-state index contributed by atoms with van der Waals surface area (Å²) in [7, 11) is 0. The Hall–Kier alpha value is -2.76. The van der Waals surface area contributed by atoms with Crippen LogP contribution in [-0.2, 0) is 0 Å². The van der Waals surface area contributed by atoms with Crippen molar-refractivity contribution in [3.63, 3.8) is 0 Å². The van der Waals surface area contributed by atoms with E-state index in [-0.39, 0.29) is 11.7 Å². The molecule has 0 atom stereocenters. The highest BCUT2D eigenvalue weighted by Gasteiger charge is 2.23. The van der Waals surface area contributed by atoms with Crippen LogP contribution in [0.15, 0.2) is 42.5 Å². The smallest absolute Gasteiger partial charge is 0.253 e. The summed E-state index contributed by atoms with van der Waals surface area (Å²) >= 11 is 0. The SMILES string of the molecule is O=C(c1ccc([18F])cc1)N1CCN(c2ccc3c(c2)OCCO3)CC1. The van der Waals surface area contributed by atoms with Crippen LogP contribution in [0, 0.1) is 5.82 Å². The molecule has 4 rings (SSSR count). The van der Waals surface area contributed by atoms with Crippen LogP contribution in [0.25, 0.3) is 0 Å². The van der Waals surface area contributed by atoms with Crippen LogP contribution in [0.1, 0.15) is 10.4 Å². The van der Waals surface area contributed by atoms with Gasteiger partial charge >= 0.3 is 0 Å². The molecule has 1 saturated heterocycles. The molecule has 6 heteroatoms. The molecule has 0 aromatic heterocycles. The summed E-state index contributed by atoms with van der Waals surface area (Å²) in [5, 5.41) is 0. The van der Waals surface area contributed by atoms with Crippen molar-refractivity contribution in [1.82, 2.24) is 4.90 Å². The van der Waals surface area contributed by atoms with Gasteiger partial charge < -0.3 is 19.3 Å². The second-order valence-electron chi connectivity index (χ2n) is 6.11. The Balaban J connectivity index is 1.41. The van der Waals surface area contributed by atoms with Crippen LogP contribution in [0.2, 0.25) is 0 Å². The largest absolute Gasteiger partial charge is 0.486 e. The number of halogens is 1. The third kappa shape index (κ3) is 3.24. The Morgan fingerprint density at radius 3 is 2.28 bits per heavy atom. The molecule has 2 aromatic rings. The first-order valence-corrected chi connectivity index (χ1v) is 8.40. The van der Waals surface area contributed by atoms with Gasteiger partial charge in [0.1, 0.15) is 19.0 Å². The third-order valence-corrected chi connectivity index (χ3v) is 4.55. The van der Waals surface area contributed by atoms with Crippen LogP contribution in [0.5, 0.6) is 11.5 Å². The maximum Gasteiger partial charge on any atom is 0.253 e. The summed E-state index contributed by atoms with van der Waals surface area (Å²) < 4.78 is 24.2. The van der Waals surface area contributed by atoms with Crippen molar-refractivity contribution in [2.24, 2.45) is 0 Å². The Kier molecular flexibility index (Phi) is 4.17. The zero-order valence-corrected chi connectivity index (χ0v) is 13.8. The summed E-state index contributed by atoms with van der Waals surface area (Å²) in [6.45, 7) is 3.89. The summed E-state index contributed by atoms with van der Waals surface area (Å²) in [5.74, 6) is 1.16. The van der Waals surface area contributed by atoms with E-state index in [9.17, 15) is 9.18 Å². The molecule has 0 spiro atoms. The fourth-order valence-electron chi connectivity index (χ4n) is 3.17. The molecule has 5 nitrogen and oxygen atoms in total. The molecule has 2 aromatic carbocycles. The lowest BCUT2D eigenvalue weighted by molar-refractivity contribution is 0.0746. The number of hydrogen-bond acceptors (Lipinski definition) is 4. The predicted molar refractivity (Wildman–Crippen MR) is 91.9 cm³/mol. The number of carbonyl (C=O) groups excluding carboxylic acids is 1. The molecule has 1 fully saturated rings. The van der Waals surface area contributed by atoms with E-state index >= 15 is 0 Å². The molecule has 25 heavy (non-hydrogen) atoms. The molecule has 0 aliphatic carbocycles. The minimum Gasteiger partial charge on any atom is -0.486 e. The van der Waals surface area contributed by atoms with Crippen molar-refractivity contribution >= 4 is 11.6 Å². The number of piperazine rings is 1. The Labute approximate surface area is 145 Å². The van der Waals surface area contributed by atoms with Crippen molar-refractivity contribution in [2.75, 3.05) is 44.3 Å². The van der Waals surface area contributed by atoms with Crippen molar-refractivity contribution in [1.29, 1.82) is 0 Å². The van der Waals surface area contributed by atoms with Gasteiger partial charge in [0.25, 0.3) is 5.91 Å². The Morgan fingerprint density at radius 2 is 1.56 bits per heavy atom. The Bertz CT molecular complexity index is 771. The number of nitrogens with zero attached hydrogens (tertiary/aromatic N) is 2. The highest BCUT2D eigenvalue weighted by molar-refractivity contribution is 5.94. The quantitative estimate of drug-likeness (QED) is 0.842. The van der Waals surface area contributed by atoms with Gasteiger partial charge in [-0.2, -0.15) is 0 Å². The molecule has 0 bridgehead atoms. The van der Waals surface area contributed by atoms with Crippen molar-refractivity contribution < 1.29 is 18.7 Å². The van der Waals surface area contributed by atoms with Gasteiger partial charge in [0.2, 0.25) is 0 Å². The molecule has 2 heterocycles. The lowest BCUT2D eigenvalue weighted by Crippen LogP contribution is -2.48. The molecule has 0 saturated carbocycles. The van der Waals surface area contributed by atoms with Gasteiger partial charge in [-0.25, -0.2) is 4.39 Å². The predicted octanol–water partition coefficient (Wildman–Crippen LogP) is 2.56. The monoisotopic (exact) mass is 341 g/mol. The van der Waals surface area contributed by atoms with Crippen LogP contribution in [0.3, 0.4) is 0 Å². The first-order chi connectivity index (χ1) is 12.2. The maximum atomic E-state index is 13.0. The maximum absolute atomic E-state index is 13.0. The number of carbonyl (C=O) groups is 1. The van der Waals surface area contributed by atoms with Gasteiger partial charge in [0.05, 0.1) is 0 Å². The third-order valence-electron chi connectivity index (χ3n) is 4.55. The fraction of sp³-hybridized carbons (Fsp3) is 0.316. The number of hydrogen-bond donors (Lipinski definition) is 0. The van der Waals surface area contributed by atoms with Crippen LogP contribution in [-0.4, -0.2) is 50.2 Å². The molecular weight excluding hydrogens is 322 g/mol. The lowest BCUT2D eigenvalue weighted by atomic mass is 10.1. The number of anilines is 1. The molecular formula is C19H19FN2O3. The minimum atomic E-state index is -0.333.